The highest BCUT2D eigenvalue weighted by atomic mass is 32.2. The van der Waals surface area contributed by atoms with Gasteiger partial charge in [0.1, 0.15) is 0 Å². The largest absolute Gasteiger partial charge is 0.383 e. The van der Waals surface area contributed by atoms with Crippen LogP contribution >= 0.6 is 0 Å². The van der Waals surface area contributed by atoms with Crippen molar-refractivity contribution in [2.24, 2.45) is 0 Å². The van der Waals surface area contributed by atoms with Gasteiger partial charge in [0.05, 0.1) is 17.9 Å². The third kappa shape index (κ3) is 9.52. The van der Waals surface area contributed by atoms with Crippen molar-refractivity contribution in [3.05, 3.63) is 0 Å². The standard InChI is InChI=1S/C11H26N2O3S/c1-5-12-8-6-7-9-17(14,15)13-11(2,3)10-16-4/h12-13H,5-10H2,1-4H3. The summed E-state index contributed by atoms with van der Waals surface area (Å²) in [5.74, 6) is 0.172. The Morgan fingerprint density at radius 2 is 1.88 bits per heavy atom. The van der Waals surface area contributed by atoms with Gasteiger partial charge >= 0.3 is 0 Å². The fourth-order valence-corrected chi connectivity index (χ4v) is 3.17. The van der Waals surface area contributed by atoms with Gasteiger partial charge in [-0.2, -0.15) is 0 Å². The predicted molar refractivity (Wildman–Crippen MR) is 70.7 cm³/mol. The monoisotopic (exact) mass is 266 g/mol. The van der Waals surface area contributed by atoms with Crippen LogP contribution in [0.5, 0.6) is 0 Å². The zero-order valence-electron chi connectivity index (χ0n) is 11.4. The molecule has 2 N–H and O–H groups in total. The average molecular weight is 266 g/mol. The minimum atomic E-state index is -3.21. The van der Waals surface area contributed by atoms with E-state index >= 15 is 0 Å². The number of unbranched alkanes of at least 4 members (excludes halogenated alkanes) is 1. The van der Waals surface area contributed by atoms with Gasteiger partial charge in [-0.05, 0) is 39.8 Å². The molecule has 0 aromatic heterocycles. The maximum absolute atomic E-state index is 11.8. The first-order valence-corrected chi connectivity index (χ1v) is 7.69. The number of nitrogens with one attached hydrogen (secondary N) is 2. The van der Waals surface area contributed by atoms with Gasteiger partial charge in [-0.15, -0.1) is 0 Å². The fourth-order valence-electron chi connectivity index (χ4n) is 1.58. The van der Waals surface area contributed by atoms with Gasteiger partial charge in [0.25, 0.3) is 0 Å². The first kappa shape index (κ1) is 16.8. The third-order valence-electron chi connectivity index (χ3n) is 2.20. The summed E-state index contributed by atoms with van der Waals surface area (Å²) in [6, 6.07) is 0. The molecule has 0 spiro atoms. The Bertz CT molecular complexity index is 289. The molecule has 0 amide bonds. The molecule has 0 aliphatic rings. The Balaban J connectivity index is 3.95. The number of sulfonamides is 1. The quantitative estimate of drug-likeness (QED) is 0.572. The molecular formula is C11H26N2O3S. The van der Waals surface area contributed by atoms with E-state index in [1.165, 1.54) is 0 Å². The molecule has 0 saturated carbocycles. The third-order valence-corrected chi connectivity index (χ3v) is 3.89. The van der Waals surface area contributed by atoms with Gasteiger partial charge < -0.3 is 10.1 Å². The van der Waals surface area contributed by atoms with Crippen molar-refractivity contribution < 1.29 is 13.2 Å². The molecule has 104 valence electrons. The van der Waals surface area contributed by atoms with Crippen LogP contribution in [0.1, 0.15) is 33.6 Å². The summed E-state index contributed by atoms with van der Waals surface area (Å²) in [4.78, 5) is 0. The SMILES string of the molecule is CCNCCCCS(=O)(=O)NC(C)(C)COC. The van der Waals surface area contributed by atoms with Crippen molar-refractivity contribution >= 4 is 10.0 Å². The number of hydrogen-bond acceptors (Lipinski definition) is 4. The van der Waals surface area contributed by atoms with Gasteiger partial charge in [0, 0.05) is 7.11 Å². The van der Waals surface area contributed by atoms with E-state index in [0.29, 0.717) is 13.0 Å². The van der Waals surface area contributed by atoms with E-state index in [2.05, 4.69) is 10.0 Å². The van der Waals surface area contributed by atoms with Crippen LogP contribution < -0.4 is 10.0 Å². The lowest BCUT2D eigenvalue weighted by molar-refractivity contribution is 0.141. The molecule has 0 bridgehead atoms. The topological polar surface area (TPSA) is 67.4 Å². The van der Waals surface area contributed by atoms with E-state index in [9.17, 15) is 8.42 Å². The molecular weight excluding hydrogens is 240 g/mol. The van der Waals surface area contributed by atoms with E-state index in [1.54, 1.807) is 7.11 Å². The predicted octanol–water partition coefficient (Wildman–Crippen LogP) is 0.721. The summed E-state index contributed by atoms with van der Waals surface area (Å²) in [7, 11) is -1.64. The minimum absolute atomic E-state index is 0.172. The number of rotatable bonds is 10. The maximum Gasteiger partial charge on any atom is 0.212 e. The van der Waals surface area contributed by atoms with Crippen LogP contribution in [0.4, 0.5) is 0 Å². The minimum Gasteiger partial charge on any atom is -0.383 e. The van der Waals surface area contributed by atoms with Gasteiger partial charge in [-0.25, -0.2) is 13.1 Å². The molecule has 0 saturated heterocycles. The second-order valence-electron chi connectivity index (χ2n) is 4.80. The second kappa shape index (κ2) is 8.02. The molecule has 0 unspecified atom stereocenters. The summed E-state index contributed by atoms with van der Waals surface area (Å²) < 4.78 is 31.2. The molecule has 0 aliphatic heterocycles. The lowest BCUT2D eigenvalue weighted by Gasteiger charge is -2.24. The Morgan fingerprint density at radius 3 is 2.41 bits per heavy atom. The molecule has 0 aliphatic carbocycles. The van der Waals surface area contributed by atoms with E-state index in [4.69, 9.17) is 4.74 Å². The fraction of sp³-hybridized carbons (Fsp3) is 1.00. The van der Waals surface area contributed by atoms with Crippen LogP contribution in [0, 0.1) is 0 Å². The molecule has 0 aromatic carbocycles. The highest BCUT2D eigenvalue weighted by Crippen LogP contribution is 2.06. The molecule has 17 heavy (non-hydrogen) atoms. The molecule has 0 rings (SSSR count). The van der Waals surface area contributed by atoms with E-state index < -0.39 is 15.6 Å². The van der Waals surface area contributed by atoms with Gasteiger partial charge in [0.2, 0.25) is 10.0 Å². The Labute approximate surface area is 105 Å². The van der Waals surface area contributed by atoms with Crippen LogP contribution in [-0.4, -0.2) is 46.5 Å². The van der Waals surface area contributed by atoms with Crippen LogP contribution in [0.2, 0.25) is 0 Å². The number of methoxy groups -OCH3 is 1. The molecule has 0 radical (unpaired) electrons. The Morgan fingerprint density at radius 1 is 1.24 bits per heavy atom. The molecule has 0 atom stereocenters. The Kier molecular flexibility index (Phi) is 7.94. The smallest absolute Gasteiger partial charge is 0.212 e. The first-order chi connectivity index (χ1) is 7.83. The maximum atomic E-state index is 11.8. The van der Waals surface area contributed by atoms with Crippen molar-refractivity contribution in [1.29, 1.82) is 0 Å². The first-order valence-electron chi connectivity index (χ1n) is 6.04. The molecule has 0 aromatic rings. The van der Waals surface area contributed by atoms with Gasteiger partial charge in [0.15, 0.2) is 0 Å². The Hall–Kier alpha value is -0.170. The van der Waals surface area contributed by atoms with Crippen LogP contribution in [0.15, 0.2) is 0 Å². The van der Waals surface area contributed by atoms with Gasteiger partial charge in [-0.3, -0.25) is 0 Å². The summed E-state index contributed by atoms with van der Waals surface area (Å²) in [5, 5.41) is 3.17. The van der Waals surface area contributed by atoms with Gasteiger partial charge in [-0.1, -0.05) is 6.92 Å². The van der Waals surface area contributed by atoms with Crippen molar-refractivity contribution in [2.75, 3.05) is 32.6 Å². The van der Waals surface area contributed by atoms with Crippen molar-refractivity contribution in [3.8, 4) is 0 Å². The normalized spacial score (nSPS) is 12.9. The highest BCUT2D eigenvalue weighted by molar-refractivity contribution is 7.89. The lowest BCUT2D eigenvalue weighted by Crippen LogP contribution is -2.47. The van der Waals surface area contributed by atoms with Crippen molar-refractivity contribution in [3.63, 3.8) is 0 Å². The summed E-state index contributed by atoms with van der Waals surface area (Å²) >= 11 is 0. The zero-order chi connectivity index (χ0) is 13.4. The molecule has 0 fully saturated rings. The van der Waals surface area contributed by atoms with E-state index in [1.807, 2.05) is 20.8 Å². The number of ether oxygens (including phenoxy) is 1. The molecule has 6 heteroatoms. The summed E-state index contributed by atoms with van der Waals surface area (Å²) in [5.41, 5.74) is -0.546. The molecule has 0 heterocycles. The van der Waals surface area contributed by atoms with Crippen molar-refractivity contribution in [1.82, 2.24) is 10.0 Å². The average Bonchev–Trinajstić information content (AvgIpc) is 2.15. The highest BCUT2D eigenvalue weighted by Gasteiger charge is 2.24. The van der Waals surface area contributed by atoms with Crippen LogP contribution in [0.25, 0.3) is 0 Å². The summed E-state index contributed by atoms with van der Waals surface area (Å²) in [6.45, 7) is 7.81. The van der Waals surface area contributed by atoms with Crippen LogP contribution in [-0.2, 0) is 14.8 Å². The van der Waals surface area contributed by atoms with Crippen molar-refractivity contribution in [2.45, 2.75) is 39.2 Å². The molecule has 5 nitrogen and oxygen atoms in total. The van der Waals surface area contributed by atoms with E-state index in [-0.39, 0.29) is 5.75 Å². The van der Waals surface area contributed by atoms with Crippen LogP contribution in [0.3, 0.4) is 0 Å². The second-order valence-corrected chi connectivity index (χ2v) is 6.64. The zero-order valence-corrected chi connectivity index (χ0v) is 12.2. The van der Waals surface area contributed by atoms with E-state index in [0.717, 1.165) is 19.5 Å². The summed E-state index contributed by atoms with van der Waals surface area (Å²) in [6.07, 6.45) is 1.55. The number of hydrogen-bond donors (Lipinski definition) is 2. The lowest BCUT2D eigenvalue weighted by atomic mass is 10.1.